The van der Waals surface area contributed by atoms with E-state index in [4.69, 9.17) is 16.1 Å². The van der Waals surface area contributed by atoms with E-state index >= 15 is 0 Å². The molecule has 10 nitrogen and oxygen atoms in total. The first-order chi connectivity index (χ1) is 18.7. The minimum Gasteiger partial charge on any atom is -0.404 e. The number of piperidine rings is 1. The number of nitrogens with two attached hydrogens (primary N) is 1. The summed E-state index contributed by atoms with van der Waals surface area (Å²) < 4.78 is 43.8. The van der Waals surface area contributed by atoms with Gasteiger partial charge in [0.15, 0.2) is 16.5 Å². The predicted octanol–water partition coefficient (Wildman–Crippen LogP) is 4.51. The van der Waals surface area contributed by atoms with Crippen molar-refractivity contribution in [3.8, 4) is 0 Å². The maximum Gasteiger partial charge on any atom is 0.434 e. The van der Waals surface area contributed by atoms with Gasteiger partial charge in [-0.2, -0.15) is 18.2 Å². The SMILES string of the molecule is C=CC(=O)Nc1ccc2sc(N3CCC[C@@H](Nc4nc5ccc(/C(C=N)=C/N)c(C(F)(F)F)n5n4)C3)nc2c1. The van der Waals surface area contributed by atoms with Crippen molar-refractivity contribution < 1.29 is 18.0 Å². The number of alkyl halides is 3. The van der Waals surface area contributed by atoms with Gasteiger partial charge in [-0.1, -0.05) is 17.9 Å². The molecule has 0 aliphatic carbocycles. The molecular weight excluding hydrogens is 531 g/mol. The molecule has 5 rings (SSSR count). The van der Waals surface area contributed by atoms with Crippen molar-refractivity contribution in [3.63, 3.8) is 0 Å². The molecule has 1 amide bonds. The van der Waals surface area contributed by atoms with Crippen molar-refractivity contribution in [3.05, 3.63) is 60.4 Å². The molecule has 0 spiro atoms. The van der Waals surface area contributed by atoms with Crippen LogP contribution in [0, 0.1) is 5.41 Å². The van der Waals surface area contributed by atoms with Crippen LogP contribution in [0.4, 0.5) is 29.9 Å². The largest absolute Gasteiger partial charge is 0.434 e. The van der Waals surface area contributed by atoms with Crippen molar-refractivity contribution in [2.75, 3.05) is 28.6 Å². The number of fused-ring (bicyclic) bond motifs is 2. The fraction of sp³-hybridized carbons (Fsp3) is 0.240. The van der Waals surface area contributed by atoms with E-state index in [1.165, 1.54) is 29.5 Å². The standard InChI is InChI=1S/C25H24F3N9OS/c1-2-21(38)31-15-5-7-19-18(10-15)33-24(39-19)36-9-3-4-16(13-36)32-23-34-20-8-6-17(14(11-29)12-30)22(25(26,27)28)37(20)35-23/h2,5-8,10-12,16,29H,1,3-4,9,13,30H2,(H,31,38)(H,32,35)/b14-12+,29-11?/t16-/m1/s1. The number of aromatic nitrogens is 4. The third-order valence-corrected chi connectivity index (χ3v) is 7.36. The van der Waals surface area contributed by atoms with Crippen LogP contribution in [0.1, 0.15) is 24.1 Å². The highest BCUT2D eigenvalue weighted by atomic mass is 32.1. The number of amides is 1. The Balaban J connectivity index is 1.38. The monoisotopic (exact) mass is 555 g/mol. The number of benzene rings is 1. The molecule has 39 heavy (non-hydrogen) atoms. The second kappa shape index (κ2) is 10.4. The number of allylic oxidation sites excluding steroid dienone is 1. The average molecular weight is 556 g/mol. The van der Waals surface area contributed by atoms with Crippen LogP contribution in [0.5, 0.6) is 0 Å². The Bertz CT molecular complexity index is 1610. The van der Waals surface area contributed by atoms with Crippen LogP contribution in [0.2, 0.25) is 0 Å². The smallest absolute Gasteiger partial charge is 0.404 e. The summed E-state index contributed by atoms with van der Waals surface area (Å²) >= 11 is 1.52. The minimum atomic E-state index is -4.75. The first kappa shape index (κ1) is 26.2. The second-order valence-electron chi connectivity index (χ2n) is 8.87. The Kier molecular flexibility index (Phi) is 6.95. The Hall–Kier alpha value is -4.46. The molecule has 5 N–H and O–H groups in total. The summed E-state index contributed by atoms with van der Waals surface area (Å²) in [4.78, 5) is 22.7. The average Bonchev–Trinajstić information content (AvgIpc) is 3.52. The van der Waals surface area contributed by atoms with Crippen LogP contribution in [0.25, 0.3) is 21.4 Å². The highest BCUT2D eigenvalue weighted by Gasteiger charge is 2.38. The van der Waals surface area contributed by atoms with Gasteiger partial charge in [0.1, 0.15) is 0 Å². The lowest BCUT2D eigenvalue weighted by Gasteiger charge is -2.32. The lowest BCUT2D eigenvalue weighted by molar-refractivity contribution is -0.142. The number of halogens is 3. The van der Waals surface area contributed by atoms with Gasteiger partial charge in [-0.25, -0.2) is 9.50 Å². The third-order valence-electron chi connectivity index (χ3n) is 6.27. The molecule has 0 saturated carbocycles. The highest BCUT2D eigenvalue weighted by molar-refractivity contribution is 7.22. The Morgan fingerprint density at radius 2 is 2.08 bits per heavy atom. The van der Waals surface area contributed by atoms with Crippen LogP contribution in [0.3, 0.4) is 0 Å². The van der Waals surface area contributed by atoms with Gasteiger partial charge < -0.3 is 26.7 Å². The third kappa shape index (κ3) is 5.27. The second-order valence-corrected chi connectivity index (χ2v) is 9.88. The molecule has 4 aromatic rings. The van der Waals surface area contributed by atoms with Crippen molar-refractivity contribution in [1.29, 1.82) is 5.41 Å². The number of nitrogens with zero attached hydrogens (tertiary/aromatic N) is 5. The van der Waals surface area contributed by atoms with Crippen molar-refractivity contribution in [2.45, 2.75) is 25.1 Å². The van der Waals surface area contributed by atoms with E-state index in [0.717, 1.165) is 51.7 Å². The van der Waals surface area contributed by atoms with Gasteiger partial charge in [0.05, 0.1) is 10.2 Å². The molecule has 0 bridgehead atoms. The Labute approximate surface area is 224 Å². The van der Waals surface area contributed by atoms with Crippen LogP contribution in [-0.2, 0) is 11.0 Å². The predicted molar refractivity (Wildman–Crippen MR) is 146 cm³/mol. The minimum absolute atomic E-state index is 0.0214. The van der Waals surface area contributed by atoms with E-state index in [9.17, 15) is 18.0 Å². The maximum atomic E-state index is 14.0. The zero-order valence-corrected chi connectivity index (χ0v) is 21.3. The molecule has 0 unspecified atom stereocenters. The summed E-state index contributed by atoms with van der Waals surface area (Å²) in [6, 6.07) is 8.02. The molecule has 3 aromatic heterocycles. The van der Waals surface area contributed by atoms with Gasteiger partial charge >= 0.3 is 6.18 Å². The lowest BCUT2D eigenvalue weighted by atomic mass is 10.1. The number of rotatable bonds is 7. The summed E-state index contributed by atoms with van der Waals surface area (Å²) in [5, 5.41) is 18.3. The zero-order chi connectivity index (χ0) is 27.7. The maximum absolute atomic E-state index is 14.0. The summed E-state index contributed by atoms with van der Waals surface area (Å²) in [6.07, 6.45) is -0.216. The number of nitrogens with one attached hydrogen (secondary N) is 3. The number of anilines is 3. The van der Waals surface area contributed by atoms with Crippen LogP contribution in [-0.4, -0.2) is 50.8 Å². The van der Waals surface area contributed by atoms with Crippen molar-refractivity contribution in [2.24, 2.45) is 5.73 Å². The number of carbonyl (C=O) groups excluding carboxylic acids is 1. The molecule has 4 heterocycles. The fourth-order valence-electron chi connectivity index (χ4n) is 4.50. The molecule has 1 fully saturated rings. The quantitative estimate of drug-likeness (QED) is 0.194. The van der Waals surface area contributed by atoms with E-state index in [0.29, 0.717) is 12.2 Å². The molecule has 1 aliphatic heterocycles. The first-order valence-corrected chi connectivity index (χ1v) is 12.8. The van der Waals surface area contributed by atoms with Gasteiger partial charge in [-0.15, -0.1) is 5.10 Å². The molecule has 1 atom stereocenters. The van der Waals surface area contributed by atoms with E-state index in [2.05, 4.69) is 32.2 Å². The van der Waals surface area contributed by atoms with Gasteiger partial charge in [-0.3, -0.25) is 4.79 Å². The lowest BCUT2D eigenvalue weighted by Crippen LogP contribution is -2.42. The van der Waals surface area contributed by atoms with E-state index in [1.807, 2.05) is 6.07 Å². The number of pyridine rings is 1. The number of hydrogen-bond donors (Lipinski definition) is 4. The Morgan fingerprint density at radius 1 is 1.26 bits per heavy atom. The van der Waals surface area contributed by atoms with Crippen LogP contribution < -0.4 is 21.3 Å². The van der Waals surface area contributed by atoms with Crippen molar-refractivity contribution >= 4 is 61.7 Å². The highest BCUT2D eigenvalue weighted by Crippen LogP contribution is 2.35. The molecule has 1 saturated heterocycles. The molecule has 1 aliphatic rings. The fourth-order valence-corrected chi connectivity index (χ4v) is 5.48. The molecule has 1 aromatic carbocycles. The normalized spacial score (nSPS) is 16.4. The van der Waals surface area contributed by atoms with Crippen LogP contribution in [0.15, 0.2) is 49.2 Å². The molecular formula is C25H24F3N9OS. The van der Waals surface area contributed by atoms with Gasteiger partial charge in [-0.05, 0) is 49.2 Å². The number of thiazole rings is 1. The summed E-state index contributed by atoms with van der Waals surface area (Å²) in [6.45, 7) is 4.78. The molecule has 14 heteroatoms. The Morgan fingerprint density at radius 3 is 2.79 bits per heavy atom. The number of carbonyl (C=O) groups is 1. The van der Waals surface area contributed by atoms with Gasteiger partial charge in [0, 0.05) is 48.4 Å². The van der Waals surface area contributed by atoms with E-state index < -0.39 is 11.9 Å². The molecule has 0 radical (unpaired) electrons. The van der Waals surface area contributed by atoms with Gasteiger partial charge in [0.2, 0.25) is 11.9 Å². The van der Waals surface area contributed by atoms with E-state index in [1.54, 1.807) is 12.1 Å². The molecule has 202 valence electrons. The topological polar surface area (TPSA) is 137 Å². The van der Waals surface area contributed by atoms with E-state index in [-0.39, 0.29) is 34.7 Å². The summed E-state index contributed by atoms with van der Waals surface area (Å²) in [5.41, 5.74) is 5.46. The summed E-state index contributed by atoms with van der Waals surface area (Å²) in [7, 11) is 0. The van der Waals surface area contributed by atoms with Gasteiger partial charge in [0.25, 0.3) is 0 Å². The van der Waals surface area contributed by atoms with Crippen LogP contribution >= 0.6 is 11.3 Å². The first-order valence-electron chi connectivity index (χ1n) is 12.0. The van der Waals surface area contributed by atoms with Crippen molar-refractivity contribution in [1.82, 2.24) is 19.6 Å². The number of hydrogen-bond acceptors (Lipinski definition) is 9. The zero-order valence-electron chi connectivity index (χ0n) is 20.5. The summed E-state index contributed by atoms with van der Waals surface area (Å²) in [5.74, 6) is -0.232.